The summed E-state index contributed by atoms with van der Waals surface area (Å²) < 4.78 is 0. The molecule has 3 heteroatoms. The minimum Gasteiger partial charge on any atom is -0.356 e. The molecule has 0 bridgehead atoms. The second-order valence-electron chi connectivity index (χ2n) is 4.51. The molecule has 0 atom stereocenters. The van der Waals surface area contributed by atoms with Crippen LogP contribution < -0.4 is 5.32 Å². The van der Waals surface area contributed by atoms with E-state index in [0.717, 1.165) is 6.54 Å². The molecule has 15 heavy (non-hydrogen) atoms. The van der Waals surface area contributed by atoms with E-state index in [2.05, 4.69) is 5.32 Å². The zero-order valence-corrected chi connectivity index (χ0v) is 9.55. The van der Waals surface area contributed by atoms with Gasteiger partial charge in [-0.15, -0.1) is 0 Å². The van der Waals surface area contributed by atoms with Gasteiger partial charge in [0.1, 0.15) is 5.78 Å². The molecule has 0 heterocycles. The smallest absolute Gasteiger partial charge is 0.220 e. The Morgan fingerprint density at radius 2 is 1.80 bits per heavy atom. The van der Waals surface area contributed by atoms with Gasteiger partial charge in [0, 0.05) is 19.4 Å². The van der Waals surface area contributed by atoms with Crippen molar-refractivity contribution in [1.29, 1.82) is 0 Å². The van der Waals surface area contributed by atoms with Gasteiger partial charge in [0.15, 0.2) is 0 Å². The summed E-state index contributed by atoms with van der Waals surface area (Å²) in [4.78, 5) is 22.0. The van der Waals surface area contributed by atoms with Gasteiger partial charge >= 0.3 is 0 Å². The van der Waals surface area contributed by atoms with Gasteiger partial charge in [-0.2, -0.15) is 0 Å². The lowest BCUT2D eigenvalue weighted by Crippen LogP contribution is -2.30. The van der Waals surface area contributed by atoms with Crippen LogP contribution in [0.3, 0.4) is 0 Å². The highest BCUT2D eigenvalue weighted by Gasteiger charge is 2.14. The minimum atomic E-state index is 0.0239. The molecule has 0 aromatic carbocycles. The lowest BCUT2D eigenvalue weighted by molar-refractivity contribution is -0.124. The van der Waals surface area contributed by atoms with Gasteiger partial charge in [-0.1, -0.05) is 19.3 Å². The van der Waals surface area contributed by atoms with Gasteiger partial charge in [-0.25, -0.2) is 0 Å². The van der Waals surface area contributed by atoms with E-state index in [-0.39, 0.29) is 11.7 Å². The maximum Gasteiger partial charge on any atom is 0.220 e. The highest BCUT2D eigenvalue weighted by atomic mass is 16.2. The number of hydrogen-bond donors (Lipinski definition) is 1. The lowest BCUT2D eigenvalue weighted by Gasteiger charge is -2.21. The third kappa shape index (κ3) is 5.55. The van der Waals surface area contributed by atoms with Crippen molar-refractivity contribution in [3.05, 3.63) is 0 Å². The third-order valence-electron chi connectivity index (χ3n) is 3.02. The van der Waals surface area contributed by atoms with Crippen molar-refractivity contribution < 1.29 is 9.59 Å². The Morgan fingerprint density at radius 3 is 2.40 bits per heavy atom. The van der Waals surface area contributed by atoms with Crippen molar-refractivity contribution in [3.8, 4) is 0 Å². The first kappa shape index (κ1) is 12.2. The summed E-state index contributed by atoms with van der Waals surface area (Å²) >= 11 is 0. The molecule has 0 spiro atoms. The molecule has 1 saturated carbocycles. The molecule has 1 aliphatic carbocycles. The zero-order chi connectivity index (χ0) is 11.1. The van der Waals surface area contributed by atoms with Gasteiger partial charge < -0.3 is 10.1 Å². The van der Waals surface area contributed by atoms with Gasteiger partial charge in [0.25, 0.3) is 0 Å². The van der Waals surface area contributed by atoms with E-state index in [0.29, 0.717) is 18.8 Å². The predicted octanol–water partition coefficient (Wildman–Crippen LogP) is 2.05. The maximum absolute atomic E-state index is 11.3. The molecule has 0 aromatic heterocycles. The molecule has 1 amide bonds. The first-order chi connectivity index (χ1) is 7.18. The van der Waals surface area contributed by atoms with Crippen LogP contribution in [0.2, 0.25) is 0 Å². The van der Waals surface area contributed by atoms with Crippen LogP contribution in [0.5, 0.6) is 0 Å². The van der Waals surface area contributed by atoms with E-state index in [1.807, 2.05) is 0 Å². The van der Waals surface area contributed by atoms with Crippen molar-refractivity contribution in [2.24, 2.45) is 5.92 Å². The summed E-state index contributed by atoms with van der Waals surface area (Å²) in [7, 11) is 0. The van der Waals surface area contributed by atoms with Crippen LogP contribution in [0.1, 0.15) is 51.9 Å². The predicted molar refractivity (Wildman–Crippen MR) is 59.5 cm³/mol. The minimum absolute atomic E-state index is 0.0239. The van der Waals surface area contributed by atoms with Crippen LogP contribution in [0.15, 0.2) is 0 Å². The van der Waals surface area contributed by atoms with Gasteiger partial charge in [0.2, 0.25) is 5.91 Å². The summed E-state index contributed by atoms with van der Waals surface area (Å²) in [6.45, 7) is 2.32. The number of carbonyl (C=O) groups is 2. The Balaban J connectivity index is 2.07. The van der Waals surface area contributed by atoms with Crippen LogP contribution >= 0.6 is 0 Å². The molecule has 0 radical (unpaired) electrons. The summed E-state index contributed by atoms with van der Waals surface area (Å²) in [5.41, 5.74) is 0. The van der Waals surface area contributed by atoms with Gasteiger partial charge in [0.05, 0.1) is 0 Å². The Labute approximate surface area is 91.6 Å². The number of nitrogens with one attached hydrogen (secondary N) is 1. The summed E-state index contributed by atoms with van der Waals surface area (Å²) in [6, 6.07) is 0. The summed E-state index contributed by atoms with van der Waals surface area (Å²) in [5.74, 6) is 0.776. The first-order valence-electron chi connectivity index (χ1n) is 5.94. The monoisotopic (exact) mass is 211 g/mol. The van der Waals surface area contributed by atoms with Crippen LogP contribution in [-0.4, -0.2) is 18.2 Å². The fourth-order valence-electron chi connectivity index (χ4n) is 2.03. The van der Waals surface area contributed by atoms with E-state index < -0.39 is 0 Å². The quantitative estimate of drug-likeness (QED) is 0.756. The number of hydrogen-bond acceptors (Lipinski definition) is 2. The Morgan fingerprint density at radius 1 is 1.13 bits per heavy atom. The number of amides is 1. The molecule has 3 nitrogen and oxygen atoms in total. The standard InChI is InChI=1S/C12H21NO2/c1-10(14)7-8-12(15)13-9-11-5-3-2-4-6-11/h11H,2-9H2,1H3,(H,13,15). The second-order valence-corrected chi connectivity index (χ2v) is 4.51. The van der Waals surface area contributed by atoms with E-state index >= 15 is 0 Å². The molecule has 1 N–H and O–H groups in total. The number of carbonyl (C=O) groups excluding carboxylic acids is 2. The average Bonchev–Trinajstić information content (AvgIpc) is 2.25. The molecular weight excluding hydrogens is 190 g/mol. The fraction of sp³-hybridized carbons (Fsp3) is 0.833. The molecule has 0 unspecified atom stereocenters. The highest BCUT2D eigenvalue weighted by molar-refractivity contribution is 5.83. The van der Waals surface area contributed by atoms with Crippen molar-refractivity contribution in [3.63, 3.8) is 0 Å². The van der Waals surface area contributed by atoms with Gasteiger partial charge in [-0.05, 0) is 25.7 Å². The molecular formula is C12H21NO2. The highest BCUT2D eigenvalue weighted by Crippen LogP contribution is 2.22. The first-order valence-corrected chi connectivity index (χ1v) is 5.94. The van der Waals surface area contributed by atoms with Crippen molar-refractivity contribution in [2.75, 3.05) is 6.54 Å². The Kier molecular flexibility index (Phi) is 5.37. The number of rotatable bonds is 5. The second kappa shape index (κ2) is 6.59. The molecule has 0 aliphatic heterocycles. The third-order valence-corrected chi connectivity index (χ3v) is 3.02. The van der Waals surface area contributed by atoms with E-state index in [4.69, 9.17) is 0 Å². The number of ketones is 1. The van der Waals surface area contributed by atoms with Gasteiger partial charge in [-0.3, -0.25) is 4.79 Å². The molecule has 1 rings (SSSR count). The summed E-state index contributed by atoms with van der Waals surface area (Å²) in [6.07, 6.45) is 7.15. The Bertz CT molecular complexity index is 220. The Hall–Kier alpha value is -0.860. The molecule has 86 valence electrons. The van der Waals surface area contributed by atoms with Crippen molar-refractivity contribution in [2.45, 2.75) is 51.9 Å². The SMILES string of the molecule is CC(=O)CCC(=O)NCC1CCCCC1. The zero-order valence-electron chi connectivity index (χ0n) is 9.55. The summed E-state index contributed by atoms with van der Waals surface area (Å²) in [5, 5.41) is 2.92. The maximum atomic E-state index is 11.3. The molecule has 0 aromatic rings. The lowest BCUT2D eigenvalue weighted by atomic mass is 9.89. The normalized spacial score (nSPS) is 17.4. The number of Topliss-reactive ketones (excluding diaryl/α,β-unsaturated/α-hetero) is 1. The largest absolute Gasteiger partial charge is 0.356 e. The van der Waals surface area contributed by atoms with Crippen LogP contribution in [0.25, 0.3) is 0 Å². The van der Waals surface area contributed by atoms with Crippen molar-refractivity contribution >= 4 is 11.7 Å². The fourth-order valence-corrected chi connectivity index (χ4v) is 2.03. The van der Waals surface area contributed by atoms with E-state index in [1.165, 1.54) is 39.0 Å². The molecule has 1 aliphatic rings. The van der Waals surface area contributed by atoms with E-state index in [9.17, 15) is 9.59 Å². The molecule has 1 fully saturated rings. The van der Waals surface area contributed by atoms with E-state index in [1.54, 1.807) is 0 Å². The topological polar surface area (TPSA) is 46.2 Å². The average molecular weight is 211 g/mol. The van der Waals surface area contributed by atoms with Crippen molar-refractivity contribution in [1.82, 2.24) is 5.32 Å². The van der Waals surface area contributed by atoms with Crippen LogP contribution in [-0.2, 0) is 9.59 Å². The molecule has 0 saturated heterocycles. The van der Waals surface area contributed by atoms with Crippen LogP contribution in [0, 0.1) is 5.92 Å². The van der Waals surface area contributed by atoms with Crippen LogP contribution in [0.4, 0.5) is 0 Å².